The number of hydrogen-bond acceptors (Lipinski definition) is 6. The van der Waals surface area contributed by atoms with Crippen LogP contribution in [-0.2, 0) is 10.0 Å². The van der Waals surface area contributed by atoms with Gasteiger partial charge in [-0.2, -0.15) is 0 Å². The van der Waals surface area contributed by atoms with Gasteiger partial charge in [-0.05, 0) is 26.8 Å². The van der Waals surface area contributed by atoms with Crippen molar-refractivity contribution >= 4 is 38.7 Å². The van der Waals surface area contributed by atoms with Crippen LogP contribution in [0.2, 0.25) is 0 Å². The Morgan fingerprint density at radius 1 is 1.38 bits per heavy atom. The molecule has 1 unspecified atom stereocenters. The maximum Gasteiger partial charge on any atom is 0.345 e. The maximum atomic E-state index is 12.4. The van der Waals surface area contributed by atoms with Crippen molar-refractivity contribution in [2.45, 2.75) is 31.7 Å². The van der Waals surface area contributed by atoms with Crippen LogP contribution in [0.1, 0.15) is 37.4 Å². The number of carboxylic acids is 1. The molecule has 2 N–H and O–H groups in total. The fourth-order valence-corrected chi connectivity index (χ4v) is 5.25. The second-order valence-electron chi connectivity index (χ2n) is 4.49. The molecule has 1 atom stereocenters. The first-order valence-corrected chi connectivity index (χ1v) is 9.10. The number of carboxylic acid groups (broad SMARTS) is 1. The van der Waals surface area contributed by atoms with Crippen molar-refractivity contribution in [3.63, 3.8) is 0 Å². The van der Waals surface area contributed by atoms with Crippen LogP contribution >= 0.6 is 22.7 Å². The summed E-state index contributed by atoms with van der Waals surface area (Å²) in [5.41, 5.74) is 0. The van der Waals surface area contributed by atoms with E-state index >= 15 is 0 Å². The highest BCUT2D eigenvalue weighted by molar-refractivity contribution is 7.89. The minimum absolute atomic E-state index is 0.00466. The van der Waals surface area contributed by atoms with Crippen molar-refractivity contribution in [2.24, 2.45) is 0 Å². The highest BCUT2D eigenvalue weighted by Gasteiger charge is 2.25. The zero-order chi connectivity index (χ0) is 15.8. The summed E-state index contributed by atoms with van der Waals surface area (Å²) in [4.78, 5) is 16.5. The number of carbonyl (C=O) groups is 1. The van der Waals surface area contributed by atoms with Crippen molar-refractivity contribution < 1.29 is 18.3 Å². The average Bonchev–Trinajstić information content (AvgIpc) is 2.95. The van der Waals surface area contributed by atoms with E-state index in [0.29, 0.717) is 9.88 Å². The Morgan fingerprint density at radius 3 is 2.52 bits per heavy atom. The second kappa shape index (κ2) is 5.84. The van der Waals surface area contributed by atoms with Gasteiger partial charge in [0.25, 0.3) is 0 Å². The van der Waals surface area contributed by atoms with Crippen LogP contribution < -0.4 is 4.72 Å². The molecule has 0 aromatic carbocycles. The molecule has 2 aromatic heterocycles. The molecule has 0 aliphatic carbocycles. The Balaban J connectivity index is 2.28. The first-order valence-electron chi connectivity index (χ1n) is 5.99. The van der Waals surface area contributed by atoms with E-state index in [-0.39, 0.29) is 9.77 Å². The third-order valence-corrected chi connectivity index (χ3v) is 6.64. The van der Waals surface area contributed by atoms with Gasteiger partial charge in [-0.3, -0.25) is 0 Å². The molecule has 0 aliphatic heterocycles. The molecule has 0 amide bonds. The van der Waals surface area contributed by atoms with Crippen LogP contribution in [0.4, 0.5) is 0 Å². The molecule has 0 aliphatic rings. The van der Waals surface area contributed by atoms with Gasteiger partial charge >= 0.3 is 5.97 Å². The average molecular weight is 346 g/mol. The smallest absolute Gasteiger partial charge is 0.345 e. The molecule has 0 saturated carbocycles. The van der Waals surface area contributed by atoms with Crippen LogP contribution in [-0.4, -0.2) is 24.5 Å². The summed E-state index contributed by atoms with van der Waals surface area (Å²) in [6.07, 6.45) is 1.68. The highest BCUT2D eigenvalue weighted by Crippen LogP contribution is 2.27. The van der Waals surface area contributed by atoms with Crippen LogP contribution in [0.3, 0.4) is 0 Å². The van der Waals surface area contributed by atoms with Gasteiger partial charge in [0.2, 0.25) is 10.0 Å². The Kier molecular flexibility index (Phi) is 4.47. The minimum atomic E-state index is -3.78. The number of rotatable bonds is 5. The van der Waals surface area contributed by atoms with Crippen molar-refractivity contribution in [1.82, 2.24) is 9.71 Å². The number of aryl methyl sites for hydroxylation is 2. The van der Waals surface area contributed by atoms with Crippen molar-refractivity contribution in [1.29, 1.82) is 0 Å². The summed E-state index contributed by atoms with van der Waals surface area (Å²) in [7, 11) is -3.78. The largest absolute Gasteiger partial charge is 0.477 e. The van der Waals surface area contributed by atoms with Crippen LogP contribution in [0.25, 0.3) is 0 Å². The van der Waals surface area contributed by atoms with Gasteiger partial charge in [0.05, 0.1) is 10.9 Å². The van der Waals surface area contributed by atoms with Gasteiger partial charge in [0.1, 0.15) is 9.88 Å². The topological polar surface area (TPSA) is 96.4 Å². The Morgan fingerprint density at radius 2 is 2.05 bits per heavy atom. The van der Waals surface area contributed by atoms with Gasteiger partial charge < -0.3 is 5.11 Å². The van der Waals surface area contributed by atoms with Crippen molar-refractivity contribution in [3.05, 3.63) is 31.9 Å². The molecule has 9 heteroatoms. The van der Waals surface area contributed by atoms with Crippen LogP contribution in [0.15, 0.2) is 17.2 Å². The number of aromatic carboxylic acids is 1. The number of nitrogens with one attached hydrogen (secondary N) is 1. The first kappa shape index (κ1) is 16.1. The van der Waals surface area contributed by atoms with Crippen LogP contribution in [0, 0.1) is 13.8 Å². The summed E-state index contributed by atoms with van der Waals surface area (Å²) in [5, 5.41) is 9.61. The molecule has 2 rings (SSSR count). The molecule has 0 saturated heterocycles. The Labute approximate surface area is 130 Å². The van der Waals surface area contributed by atoms with E-state index in [0.717, 1.165) is 16.2 Å². The summed E-state index contributed by atoms with van der Waals surface area (Å²) < 4.78 is 27.2. The molecule has 0 radical (unpaired) electrons. The van der Waals surface area contributed by atoms with Gasteiger partial charge in [-0.15, -0.1) is 22.7 Å². The lowest BCUT2D eigenvalue weighted by Gasteiger charge is -2.11. The fourth-order valence-electron chi connectivity index (χ4n) is 1.76. The molecule has 0 bridgehead atoms. The number of hydrogen-bond donors (Lipinski definition) is 2. The zero-order valence-corrected chi connectivity index (χ0v) is 14.0. The standard InChI is InChI=1S/C12H14N2O4S3/c1-6-5-13-11(19-6)7(2)14-21(17,18)10-4-9(12(15)16)20-8(10)3/h4-5,7,14H,1-3H3,(H,15,16). The normalized spacial score (nSPS) is 13.3. The minimum Gasteiger partial charge on any atom is -0.477 e. The molecule has 6 nitrogen and oxygen atoms in total. The lowest BCUT2D eigenvalue weighted by Crippen LogP contribution is -2.27. The number of sulfonamides is 1. The molecular formula is C12H14N2O4S3. The number of thiazole rings is 1. The molecular weight excluding hydrogens is 332 g/mol. The molecule has 2 aromatic rings. The molecule has 0 fully saturated rings. The van der Waals surface area contributed by atoms with E-state index in [9.17, 15) is 13.2 Å². The van der Waals surface area contributed by atoms with E-state index < -0.39 is 22.0 Å². The fraction of sp³-hybridized carbons (Fsp3) is 0.333. The first-order chi connectivity index (χ1) is 9.70. The zero-order valence-electron chi connectivity index (χ0n) is 11.6. The monoisotopic (exact) mass is 346 g/mol. The molecule has 21 heavy (non-hydrogen) atoms. The molecule has 114 valence electrons. The number of thiophene rings is 1. The van der Waals surface area contributed by atoms with E-state index in [1.165, 1.54) is 17.4 Å². The van der Waals surface area contributed by atoms with E-state index in [1.807, 2.05) is 6.92 Å². The Bertz CT molecular complexity index is 776. The summed E-state index contributed by atoms with van der Waals surface area (Å²) in [5.74, 6) is -1.13. The van der Waals surface area contributed by atoms with Gasteiger partial charge in [0.15, 0.2) is 0 Å². The van der Waals surface area contributed by atoms with Crippen molar-refractivity contribution in [2.75, 3.05) is 0 Å². The SMILES string of the molecule is Cc1cnc(C(C)NS(=O)(=O)c2cc(C(=O)O)sc2C)s1. The van der Waals surface area contributed by atoms with E-state index in [1.54, 1.807) is 20.0 Å². The van der Waals surface area contributed by atoms with E-state index in [2.05, 4.69) is 9.71 Å². The Hall–Kier alpha value is -1.29. The van der Waals surface area contributed by atoms with Crippen molar-refractivity contribution in [3.8, 4) is 0 Å². The highest BCUT2D eigenvalue weighted by atomic mass is 32.2. The quantitative estimate of drug-likeness (QED) is 0.867. The van der Waals surface area contributed by atoms with Gasteiger partial charge in [-0.1, -0.05) is 0 Å². The summed E-state index contributed by atoms with van der Waals surface area (Å²) in [6, 6.07) is 0.714. The van der Waals surface area contributed by atoms with Gasteiger partial charge in [-0.25, -0.2) is 22.9 Å². The lowest BCUT2D eigenvalue weighted by molar-refractivity contribution is 0.0702. The maximum absolute atomic E-state index is 12.4. The predicted octanol–water partition coefficient (Wildman–Crippen LogP) is 2.56. The second-order valence-corrected chi connectivity index (χ2v) is 8.69. The van der Waals surface area contributed by atoms with Crippen LogP contribution in [0.5, 0.6) is 0 Å². The lowest BCUT2D eigenvalue weighted by atomic mass is 10.4. The molecule has 2 heterocycles. The third-order valence-electron chi connectivity index (χ3n) is 2.71. The van der Waals surface area contributed by atoms with E-state index in [4.69, 9.17) is 5.11 Å². The molecule has 0 spiro atoms. The predicted molar refractivity (Wildman–Crippen MR) is 81.6 cm³/mol. The summed E-state index contributed by atoms with van der Waals surface area (Å²) in [6.45, 7) is 5.18. The van der Waals surface area contributed by atoms with Gasteiger partial charge in [0, 0.05) is 16.0 Å². The number of aromatic nitrogens is 1. The number of nitrogens with zero attached hydrogens (tertiary/aromatic N) is 1. The third kappa shape index (κ3) is 3.49. The summed E-state index contributed by atoms with van der Waals surface area (Å²) >= 11 is 2.36.